The van der Waals surface area contributed by atoms with Gasteiger partial charge in [-0.3, -0.25) is 14.8 Å². The third-order valence-corrected chi connectivity index (χ3v) is 4.45. The molecule has 0 bridgehead atoms. The van der Waals surface area contributed by atoms with E-state index in [1.165, 1.54) is 30.1 Å². The average Bonchev–Trinajstić information content (AvgIpc) is 2.64. The van der Waals surface area contributed by atoms with Crippen molar-refractivity contribution in [2.75, 3.05) is 11.1 Å². The second-order valence-corrected chi connectivity index (χ2v) is 6.28. The lowest BCUT2D eigenvalue weighted by molar-refractivity contribution is -0.113. The van der Waals surface area contributed by atoms with Crippen LogP contribution in [0.3, 0.4) is 0 Å². The summed E-state index contributed by atoms with van der Waals surface area (Å²) in [4.78, 5) is 20.3. The van der Waals surface area contributed by atoms with Gasteiger partial charge >= 0.3 is 6.61 Å². The van der Waals surface area contributed by atoms with Crippen molar-refractivity contribution in [2.45, 2.75) is 12.4 Å². The molecule has 0 fully saturated rings. The van der Waals surface area contributed by atoms with Crippen LogP contribution in [0, 0.1) is 0 Å². The van der Waals surface area contributed by atoms with Gasteiger partial charge in [-0.2, -0.15) is 8.78 Å². The lowest BCUT2D eigenvalue weighted by Gasteiger charge is -2.12. The molecule has 1 amide bonds. The van der Waals surface area contributed by atoms with E-state index >= 15 is 0 Å². The number of fused-ring (bicyclic) bond motifs is 1. The summed E-state index contributed by atoms with van der Waals surface area (Å²) in [6.45, 7) is -2.94. The number of nitrogens with zero attached hydrogens (tertiary/aromatic N) is 2. The van der Waals surface area contributed by atoms with Gasteiger partial charge in [0.1, 0.15) is 5.52 Å². The highest BCUT2D eigenvalue weighted by atomic mass is 32.2. The lowest BCUT2D eigenvalue weighted by atomic mass is 10.1. The van der Waals surface area contributed by atoms with Gasteiger partial charge in [-0.1, -0.05) is 6.07 Å². The Morgan fingerprint density at radius 1 is 1.19 bits per heavy atom. The average molecular weight is 375 g/mol. The molecule has 2 aromatic heterocycles. The molecule has 0 atom stereocenters. The van der Waals surface area contributed by atoms with Crippen molar-refractivity contribution in [3.8, 4) is 5.75 Å². The van der Waals surface area contributed by atoms with Gasteiger partial charge in [0.2, 0.25) is 5.91 Å². The molecule has 0 saturated carbocycles. The maximum absolute atomic E-state index is 12.5. The van der Waals surface area contributed by atoms with Crippen molar-refractivity contribution in [3.05, 3.63) is 60.6 Å². The number of anilines is 1. The minimum absolute atomic E-state index is 0.0282. The minimum Gasteiger partial charge on any atom is -0.432 e. The fourth-order valence-corrected chi connectivity index (χ4v) is 3.14. The van der Waals surface area contributed by atoms with Crippen molar-refractivity contribution in [1.82, 2.24) is 9.97 Å². The molecule has 0 aliphatic carbocycles. The van der Waals surface area contributed by atoms with Crippen LogP contribution in [0.15, 0.2) is 55.0 Å². The van der Waals surface area contributed by atoms with Crippen LogP contribution in [0.5, 0.6) is 5.75 Å². The van der Waals surface area contributed by atoms with E-state index in [1.807, 2.05) is 12.1 Å². The van der Waals surface area contributed by atoms with Crippen LogP contribution in [0.4, 0.5) is 14.5 Å². The summed E-state index contributed by atoms with van der Waals surface area (Å²) in [5.74, 6) is 0.711. The van der Waals surface area contributed by atoms with E-state index in [9.17, 15) is 13.6 Å². The molecule has 3 aromatic rings. The minimum atomic E-state index is -2.94. The van der Waals surface area contributed by atoms with Crippen LogP contribution < -0.4 is 10.1 Å². The predicted molar refractivity (Wildman–Crippen MR) is 97.4 cm³/mol. The largest absolute Gasteiger partial charge is 0.432 e. The molecule has 0 unspecified atom stereocenters. The van der Waals surface area contributed by atoms with Crippen LogP contribution in [0.1, 0.15) is 5.56 Å². The normalized spacial score (nSPS) is 10.9. The summed E-state index contributed by atoms with van der Waals surface area (Å²) in [5, 5.41) is 3.33. The molecule has 26 heavy (non-hydrogen) atoms. The molecule has 0 aliphatic rings. The van der Waals surface area contributed by atoms with Gasteiger partial charge in [0, 0.05) is 29.7 Å². The van der Waals surface area contributed by atoms with E-state index in [0.717, 1.165) is 5.56 Å². The van der Waals surface area contributed by atoms with Crippen LogP contribution in [0.2, 0.25) is 0 Å². The van der Waals surface area contributed by atoms with Crippen LogP contribution in [0.25, 0.3) is 10.9 Å². The van der Waals surface area contributed by atoms with Gasteiger partial charge in [0.05, 0.1) is 11.4 Å². The van der Waals surface area contributed by atoms with Crippen molar-refractivity contribution in [3.63, 3.8) is 0 Å². The Hall–Kier alpha value is -2.74. The standard InChI is InChI=1S/C18H15F2N3O2S/c19-18(20)25-15-6-5-14(13-4-2-8-22-17(13)15)23-16(24)11-26-10-12-3-1-7-21-9-12/h1-9,18H,10-11H2,(H,23,24). The first-order chi connectivity index (χ1) is 12.6. The third-order valence-electron chi connectivity index (χ3n) is 3.45. The molecule has 134 valence electrons. The molecular weight excluding hydrogens is 360 g/mol. The van der Waals surface area contributed by atoms with Gasteiger partial charge in [0.25, 0.3) is 0 Å². The Kier molecular flexibility index (Phi) is 5.96. The first kappa shape index (κ1) is 18.1. The molecule has 3 rings (SSSR count). The first-order valence-electron chi connectivity index (χ1n) is 7.72. The van der Waals surface area contributed by atoms with E-state index in [-0.39, 0.29) is 22.9 Å². The maximum Gasteiger partial charge on any atom is 0.387 e. The number of thioether (sulfide) groups is 1. The lowest BCUT2D eigenvalue weighted by Crippen LogP contribution is -2.14. The monoisotopic (exact) mass is 375 g/mol. The molecule has 0 aliphatic heterocycles. The number of carbonyl (C=O) groups is 1. The van der Waals surface area contributed by atoms with Crippen molar-refractivity contribution in [1.29, 1.82) is 0 Å². The number of pyridine rings is 2. The molecule has 0 spiro atoms. The molecule has 0 radical (unpaired) electrons. The first-order valence-corrected chi connectivity index (χ1v) is 8.88. The molecule has 1 N–H and O–H groups in total. The number of hydrogen-bond donors (Lipinski definition) is 1. The number of aromatic nitrogens is 2. The summed E-state index contributed by atoms with van der Waals surface area (Å²) in [5.41, 5.74) is 1.81. The van der Waals surface area contributed by atoms with Crippen molar-refractivity contribution < 1.29 is 18.3 Å². The number of amides is 1. The predicted octanol–water partition coefficient (Wildman–Crippen LogP) is 4.10. The summed E-state index contributed by atoms with van der Waals surface area (Å²) < 4.78 is 29.5. The molecular formula is C18H15F2N3O2S. The topological polar surface area (TPSA) is 64.1 Å². The molecule has 5 nitrogen and oxygen atoms in total. The Morgan fingerprint density at radius 3 is 2.81 bits per heavy atom. The zero-order valence-electron chi connectivity index (χ0n) is 13.6. The quantitative estimate of drug-likeness (QED) is 0.673. The SMILES string of the molecule is O=C(CSCc1cccnc1)Nc1ccc(OC(F)F)c2ncccc12. The van der Waals surface area contributed by atoms with Crippen LogP contribution in [-0.4, -0.2) is 28.2 Å². The number of ether oxygens (including phenoxy) is 1. The second kappa shape index (κ2) is 8.57. The van der Waals surface area contributed by atoms with Gasteiger partial charge < -0.3 is 10.1 Å². The Bertz CT molecular complexity index is 894. The van der Waals surface area contributed by atoms with Gasteiger partial charge in [-0.05, 0) is 35.9 Å². The van der Waals surface area contributed by atoms with E-state index in [2.05, 4.69) is 20.0 Å². The number of rotatable bonds is 7. The number of halogens is 2. The second-order valence-electron chi connectivity index (χ2n) is 5.29. The number of nitrogens with one attached hydrogen (secondary N) is 1. The van der Waals surface area contributed by atoms with E-state index in [0.29, 0.717) is 16.8 Å². The maximum atomic E-state index is 12.5. The summed E-state index contributed by atoms with van der Waals surface area (Å²) >= 11 is 1.46. The molecule has 1 aromatic carbocycles. The number of carbonyl (C=O) groups excluding carboxylic acids is 1. The van der Waals surface area contributed by atoms with E-state index in [4.69, 9.17) is 0 Å². The fourth-order valence-electron chi connectivity index (χ4n) is 2.38. The zero-order chi connectivity index (χ0) is 18.4. The van der Waals surface area contributed by atoms with Crippen LogP contribution >= 0.6 is 11.8 Å². The fraction of sp³-hybridized carbons (Fsp3) is 0.167. The Balaban J connectivity index is 1.67. The van der Waals surface area contributed by atoms with Gasteiger partial charge in [0.15, 0.2) is 5.75 Å². The summed E-state index contributed by atoms with van der Waals surface area (Å²) in [7, 11) is 0. The zero-order valence-corrected chi connectivity index (χ0v) is 14.4. The number of benzene rings is 1. The van der Waals surface area contributed by atoms with Crippen LogP contribution in [-0.2, 0) is 10.5 Å². The van der Waals surface area contributed by atoms with Gasteiger partial charge in [-0.15, -0.1) is 11.8 Å². The summed E-state index contributed by atoms with van der Waals surface area (Å²) in [6, 6.07) is 10.1. The summed E-state index contributed by atoms with van der Waals surface area (Å²) in [6.07, 6.45) is 4.93. The van der Waals surface area contributed by atoms with E-state index < -0.39 is 6.61 Å². The highest BCUT2D eigenvalue weighted by Gasteiger charge is 2.13. The molecule has 8 heteroatoms. The Labute approximate surface area is 152 Å². The third kappa shape index (κ3) is 4.66. The Morgan fingerprint density at radius 2 is 2.04 bits per heavy atom. The number of alkyl halides is 2. The van der Waals surface area contributed by atoms with Gasteiger partial charge in [-0.25, -0.2) is 0 Å². The highest BCUT2D eigenvalue weighted by molar-refractivity contribution is 7.99. The molecule has 2 heterocycles. The van der Waals surface area contributed by atoms with E-state index in [1.54, 1.807) is 24.5 Å². The van der Waals surface area contributed by atoms with Crippen molar-refractivity contribution in [2.24, 2.45) is 0 Å². The highest BCUT2D eigenvalue weighted by Crippen LogP contribution is 2.31. The van der Waals surface area contributed by atoms with Crippen molar-refractivity contribution >= 4 is 34.3 Å². The molecule has 0 saturated heterocycles. The smallest absolute Gasteiger partial charge is 0.387 e. The number of hydrogen-bond acceptors (Lipinski definition) is 5.